The van der Waals surface area contributed by atoms with Crippen LogP contribution in [0.5, 0.6) is 5.75 Å². The van der Waals surface area contributed by atoms with E-state index in [0.29, 0.717) is 12.1 Å². The normalized spacial score (nSPS) is 10.1. The maximum Gasteiger partial charge on any atom is 0.168 e. The number of aromatic nitrogens is 2. The lowest BCUT2D eigenvalue weighted by molar-refractivity contribution is 0.112. The van der Waals surface area contributed by atoms with Crippen LogP contribution in [0.25, 0.3) is 0 Å². The maximum atomic E-state index is 10.6. The topological polar surface area (TPSA) is 78.1 Å². The Morgan fingerprint density at radius 3 is 2.67 bits per heavy atom. The van der Waals surface area contributed by atoms with Crippen molar-refractivity contribution in [2.24, 2.45) is 0 Å². The Balaban J connectivity index is 2.04. The summed E-state index contributed by atoms with van der Waals surface area (Å²) in [5.74, 6) is 1.35. The third-order valence-corrected chi connectivity index (χ3v) is 2.41. The van der Waals surface area contributed by atoms with Gasteiger partial charge in [-0.15, -0.1) is 0 Å². The number of hydrogen-bond acceptors (Lipinski definition) is 5. The molecule has 0 aliphatic rings. The summed E-state index contributed by atoms with van der Waals surface area (Å²) >= 11 is 0. The molecule has 1 heterocycles. The van der Waals surface area contributed by atoms with Gasteiger partial charge in [-0.05, 0) is 19.1 Å². The summed E-state index contributed by atoms with van der Waals surface area (Å²) in [5.41, 5.74) is 7.03. The monoisotopic (exact) mass is 243 g/mol. The molecule has 2 N–H and O–H groups in total. The molecule has 0 fully saturated rings. The second-order valence-electron chi connectivity index (χ2n) is 3.85. The molecule has 5 heteroatoms. The first-order valence-electron chi connectivity index (χ1n) is 5.45. The zero-order valence-corrected chi connectivity index (χ0v) is 9.96. The molecule has 1 aromatic heterocycles. The van der Waals surface area contributed by atoms with Crippen molar-refractivity contribution in [3.63, 3.8) is 0 Å². The zero-order valence-electron chi connectivity index (χ0n) is 9.96. The van der Waals surface area contributed by atoms with Gasteiger partial charge in [0.1, 0.15) is 18.2 Å². The van der Waals surface area contributed by atoms with Crippen LogP contribution in [0.2, 0.25) is 0 Å². The Morgan fingerprint density at radius 2 is 2.06 bits per heavy atom. The van der Waals surface area contributed by atoms with Crippen LogP contribution in [-0.4, -0.2) is 16.3 Å². The highest BCUT2D eigenvalue weighted by atomic mass is 16.5. The van der Waals surface area contributed by atoms with Crippen molar-refractivity contribution in [3.8, 4) is 5.75 Å². The first kappa shape index (κ1) is 12.0. The van der Waals surface area contributed by atoms with Crippen molar-refractivity contribution >= 4 is 12.1 Å². The smallest absolute Gasteiger partial charge is 0.168 e. The van der Waals surface area contributed by atoms with Gasteiger partial charge in [-0.1, -0.05) is 17.7 Å². The number of hydrogen-bond donors (Lipinski definition) is 1. The van der Waals surface area contributed by atoms with E-state index in [1.165, 1.54) is 6.20 Å². The van der Waals surface area contributed by atoms with Gasteiger partial charge in [0, 0.05) is 6.20 Å². The van der Waals surface area contributed by atoms with Crippen LogP contribution >= 0.6 is 0 Å². The summed E-state index contributed by atoms with van der Waals surface area (Å²) < 4.78 is 5.51. The van der Waals surface area contributed by atoms with Gasteiger partial charge >= 0.3 is 0 Å². The summed E-state index contributed by atoms with van der Waals surface area (Å²) in [4.78, 5) is 18.5. The summed E-state index contributed by atoms with van der Waals surface area (Å²) in [6.45, 7) is 2.22. The molecule has 18 heavy (non-hydrogen) atoms. The fourth-order valence-corrected chi connectivity index (χ4v) is 1.39. The van der Waals surface area contributed by atoms with Gasteiger partial charge in [0.15, 0.2) is 12.1 Å². The first-order chi connectivity index (χ1) is 8.69. The van der Waals surface area contributed by atoms with E-state index in [4.69, 9.17) is 10.5 Å². The second kappa shape index (κ2) is 5.27. The minimum absolute atomic E-state index is 0.169. The lowest BCUT2D eigenvalue weighted by atomic mass is 10.2. The van der Waals surface area contributed by atoms with Crippen LogP contribution in [0.4, 0.5) is 5.82 Å². The fraction of sp³-hybridized carbons (Fsp3) is 0.154. The molecule has 92 valence electrons. The van der Waals surface area contributed by atoms with Crippen LogP contribution in [0.3, 0.4) is 0 Å². The molecule has 2 rings (SSSR count). The van der Waals surface area contributed by atoms with E-state index in [-0.39, 0.29) is 18.0 Å². The molecular weight excluding hydrogens is 230 g/mol. The van der Waals surface area contributed by atoms with E-state index in [0.717, 1.165) is 11.3 Å². The number of anilines is 1. The van der Waals surface area contributed by atoms with Crippen molar-refractivity contribution in [3.05, 3.63) is 47.4 Å². The van der Waals surface area contributed by atoms with Gasteiger partial charge in [0.2, 0.25) is 0 Å². The molecule has 0 radical (unpaired) electrons. The molecule has 0 unspecified atom stereocenters. The van der Waals surface area contributed by atoms with E-state index in [9.17, 15) is 4.79 Å². The number of nitrogen functional groups attached to an aromatic ring is 1. The van der Waals surface area contributed by atoms with Gasteiger partial charge in [0.25, 0.3) is 0 Å². The predicted octanol–water partition coefficient (Wildman–Crippen LogP) is 1.76. The van der Waals surface area contributed by atoms with E-state index >= 15 is 0 Å². The fourth-order valence-electron chi connectivity index (χ4n) is 1.39. The molecule has 0 bridgehead atoms. The van der Waals surface area contributed by atoms with Gasteiger partial charge in [-0.25, -0.2) is 9.97 Å². The van der Waals surface area contributed by atoms with Crippen LogP contribution < -0.4 is 10.5 Å². The standard InChI is InChI=1S/C13H13N3O2/c1-9-2-4-11(5-3-9)18-8-12-15-6-10(7-17)13(14)16-12/h2-7H,8H2,1H3,(H2,14,15,16). The van der Waals surface area contributed by atoms with Crippen LogP contribution in [0.1, 0.15) is 21.7 Å². The minimum atomic E-state index is 0.169. The number of aldehydes is 1. The van der Waals surface area contributed by atoms with E-state index < -0.39 is 0 Å². The first-order valence-corrected chi connectivity index (χ1v) is 5.45. The molecule has 0 saturated carbocycles. The van der Waals surface area contributed by atoms with Crippen LogP contribution in [0.15, 0.2) is 30.5 Å². The number of carbonyl (C=O) groups is 1. The number of aryl methyl sites for hydroxylation is 1. The van der Waals surface area contributed by atoms with Crippen molar-refractivity contribution in [1.82, 2.24) is 9.97 Å². The molecule has 5 nitrogen and oxygen atoms in total. The zero-order chi connectivity index (χ0) is 13.0. The highest BCUT2D eigenvalue weighted by molar-refractivity contribution is 5.80. The Bertz CT molecular complexity index is 553. The molecule has 0 spiro atoms. The Hall–Kier alpha value is -2.43. The Morgan fingerprint density at radius 1 is 1.33 bits per heavy atom. The molecule has 0 aliphatic carbocycles. The summed E-state index contributed by atoms with van der Waals surface area (Å²) in [6.07, 6.45) is 2.02. The lowest BCUT2D eigenvalue weighted by Gasteiger charge is -2.06. The highest BCUT2D eigenvalue weighted by Crippen LogP contribution is 2.13. The number of carbonyl (C=O) groups excluding carboxylic acids is 1. The van der Waals surface area contributed by atoms with Gasteiger partial charge < -0.3 is 10.5 Å². The van der Waals surface area contributed by atoms with Crippen molar-refractivity contribution in [2.45, 2.75) is 13.5 Å². The number of rotatable bonds is 4. The number of nitrogens with zero attached hydrogens (tertiary/aromatic N) is 2. The molecule has 2 aromatic rings. The molecule has 0 atom stereocenters. The quantitative estimate of drug-likeness (QED) is 0.828. The van der Waals surface area contributed by atoms with E-state index in [1.807, 2.05) is 31.2 Å². The third-order valence-electron chi connectivity index (χ3n) is 2.41. The average molecular weight is 243 g/mol. The van der Waals surface area contributed by atoms with Gasteiger partial charge in [-0.2, -0.15) is 0 Å². The summed E-state index contributed by atoms with van der Waals surface area (Å²) in [6, 6.07) is 7.66. The maximum absolute atomic E-state index is 10.6. The van der Waals surface area contributed by atoms with E-state index in [2.05, 4.69) is 9.97 Å². The predicted molar refractivity (Wildman–Crippen MR) is 67.3 cm³/mol. The van der Waals surface area contributed by atoms with Crippen molar-refractivity contribution in [2.75, 3.05) is 5.73 Å². The van der Waals surface area contributed by atoms with Crippen LogP contribution in [-0.2, 0) is 6.61 Å². The summed E-state index contributed by atoms with van der Waals surface area (Å²) in [5, 5.41) is 0. The molecular formula is C13H13N3O2. The van der Waals surface area contributed by atoms with Gasteiger partial charge in [-0.3, -0.25) is 4.79 Å². The summed E-state index contributed by atoms with van der Waals surface area (Å²) in [7, 11) is 0. The molecule has 0 saturated heterocycles. The number of ether oxygens (including phenoxy) is 1. The highest BCUT2D eigenvalue weighted by Gasteiger charge is 2.04. The minimum Gasteiger partial charge on any atom is -0.486 e. The molecule has 0 aliphatic heterocycles. The Kier molecular flexibility index (Phi) is 3.52. The SMILES string of the molecule is Cc1ccc(OCc2ncc(C=O)c(N)n2)cc1. The third kappa shape index (κ3) is 2.82. The van der Waals surface area contributed by atoms with Gasteiger partial charge in [0.05, 0.1) is 5.56 Å². The second-order valence-corrected chi connectivity index (χ2v) is 3.85. The lowest BCUT2D eigenvalue weighted by Crippen LogP contribution is -2.06. The number of nitrogens with two attached hydrogens (primary N) is 1. The Labute approximate surface area is 105 Å². The van der Waals surface area contributed by atoms with Crippen molar-refractivity contribution in [1.29, 1.82) is 0 Å². The van der Waals surface area contributed by atoms with E-state index in [1.54, 1.807) is 0 Å². The molecule has 1 aromatic carbocycles. The number of benzene rings is 1. The largest absolute Gasteiger partial charge is 0.486 e. The van der Waals surface area contributed by atoms with Crippen molar-refractivity contribution < 1.29 is 9.53 Å². The molecule has 0 amide bonds. The average Bonchev–Trinajstić information content (AvgIpc) is 2.38. The van der Waals surface area contributed by atoms with Crippen LogP contribution in [0, 0.1) is 6.92 Å².